The molecule has 13 heavy (non-hydrogen) atoms. The Morgan fingerprint density at radius 2 is 2.15 bits per heavy atom. The van der Waals surface area contributed by atoms with Crippen molar-refractivity contribution < 1.29 is 13.9 Å². The van der Waals surface area contributed by atoms with Crippen molar-refractivity contribution in [2.75, 3.05) is 7.11 Å². The minimum Gasteiger partial charge on any atom is -0.496 e. The third kappa shape index (κ3) is 1.80. The maximum atomic E-state index is 13.3. The number of rotatable bonds is 2. The van der Waals surface area contributed by atoms with Gasteiger partial charge >= 0.3 is 0 Å². The van der Waals surface area contributed by atoms with Gasteiger partial charge in [-0.05, 0) is 30.2 Å². The first-order valence-corrected chi connectivity index (χ1v) is 3.98. The van der Waals surface area contributed by atoms with Crippen LogP contribution in [0.5, 0.6) is 5.75 Å². The molecule has 0 fully saturated rings. The predicted octanol–water partition coefficient (Wildman–Crippen LogP) is 2.52. The molecular formula is C9H8ClFO2. The summed E-state index contributed by atoms with van der Waals surface area (Å²) in [6.07, 6.45) is 0. The van der Waals surface area contributed by atoms with Crippen LogP contribution in [0.1, 0.15) is 15.9 Å². The number of halogens is 2. The molecule has 0 saturated carbocycles. The Balaban J connectivity index is 3.41. The van der Waals surface area contributed by atoms with Gasteiger partial charge in [0.05, 0.1) is 7.11 Å². The Hall–Kier alpha value is -1.09. The van der Waals surface area contributed by atoms with E-state index in [2.05, 4.69) is 0 Å². The Morgan fingerprint density at radius 1 is 1.54 bits per heavy atom. The Kier molecular flexibility index (Phi) is 2.88. The van der Waals surface area contributed by atoms with Crippen LogP contribution in [0, 0.1) is 12.7 Å². The summed E-state index contributed by atoms with van der Waals surface area (Å²) in [6.45, 7) is 1.55. The molecule has 0 aliphatic heterocycles. The molecule has 1 aromatic rings. The van der Waals surface area contributed by atoms with E-state index in [1.54, 1.807) is 6.92 Å². The smallest absolute Gasteiger partial charge is 0.259 e. The standard InChI is InChI=1S/C9H8ClFO2/c1-5-3-4-6(13-2)7(8(5)11)9(10)12/h3-4H,1-2H3. The van der Waals surface area contributed by atoms with Crippen LogP contribution in [0.3, 0.4) is 0 Å². The summed E-state index contributed by atoms with van der Waals surface area (Å²) in [7, 11) is 1.35. The van der Waals surface area contributed by atoms with Crippen molar-refractivity contribution in [3.05, 3.63) is 29.1 Å². The zero-order valence-electron chi connectivity index (χ0n) is 7.23. The molecule has 0 bridgehead atoms. The first-order valence-electron chi connectivity index (χ1n) is 3.61. The van der Waals surface area contributed by atoms with Gasteiger partial charge < -0.3 is 4.74 Å². The molecule has 1 rings (SSSR count). The van der Waals surface area contributed by atoms with E-state index >= 15 is 0 Å². The molecule has 4 heteroatoms. The van der Waals surface area contributed by atoms with Crippen LogP contribution in [0.15, 0.2) is 12.1 Å². The van der Waals surface area contributed by atoms with Gasteiger partial charge in [-0.25, -0.2) is 4.39 Å². The van der Waals surface area contributed by atoms with Gasteiger partial charge in [-0.2, -0.15) is 0 Å². The van der Waals surface area contributed by atoms with Crippen molar-refractivity contribution >= 4 is 16.8 Å². The van der Waals surface area contributed by atoms with E-state index in [1.807, 2.05) is 0 Å². The average molecular weight is 203 g/mol. The highest BCUT2D eigenvalue weighted by molar-refractivity contribution is 6.68. The summed E-state index contributed by atoms with van der Waals surface area (Å²) in [5.74, 6) is -0.470. The van der Waals surface area contributed by atoms with E-state index in [0.717, 1.165) is 0 Å². The number of methoxy groups -OCH3 is 1. The van der Waals surface area contributed by atoms with Crippen molar-refractivity contribution in [2.45, 2.75) is 6.92 Å². The average Bonchev–Trinajstić information content (AvgIpc) is 2.08. The van der Waals surface area contributed by atoms with Gasteiger partial charge in [0.1, 0.15) is 17.1 Å². The maximum absolute atomic E-state index is 13.3. The molecule has 0 atom stereocenters. The minimum absolute atomic E-state index is 0.156. The quantitative estimate of drug-likeness (QED) is 0.689. The van der Waals surface area contributed by atoms with Gasteiger partial charge in [0.2, 0.25) is 0 Å². The number of aryl methyl sites for hydroxylation is 1. The van der Waals surface area contributed by atoms with Crippen LogP contribution >= 0.6 is 11.6 Å². The number of ether oxygens (including phenoxy) is 1. The first kappa shape index (κ1) is 9.99. The van der Waals surface area contributed by atoms with Gasteiger partial charge in [0.25, 0.3) is 5.24 Å². The van der Waals surface area contributed by atoms with E-state index < -0.39 is 11.1 Å². The van der Waals surface area contributed by atoms with Gasteiger partial charge in [0.15, 0.2) is 0 Å². The minimum atomic E-state index is -0.849. The van der Waals surface area contributed by atoms with Crippen molar-refractivity contribution in [1.29, 1.82) is 0 Å². The van der Waals surface area contributed by atoms with Gasteiger partial charge in [0, 0.05) is 0 Å². The second-order valence-corrected chi connectivity index (χ2v) is 2.89. The van der Waals surface area contributed by atoms with Crippen LogP contribution in [-0.4, -0.2) is 12.4 Å². The van der Waals surface area contributed by atoms with Gasteiger partial charge in [-0.3, -0.25) is 4.79 Å². The van der Waals surface area contributed by atoms with E-state index in [0.29, 0.717) is 5.56 Å². The van der Waals surface area contributed by atoms with Gasteiger partial charge in [-0.1, -0.05) is 6.07 Å². The third-order valence-corrected chi connectivity index (χ3v) is 1.90. The highest BCUT2D eigenvalue weighted by Gasteiger charge is 2.17. The summed E-state index contributed by atoms with van der Waals surface area (Å²) in [5, 5.41) is -0.849. The largest absolute Gasteiger partial charge is 0.496 e. The zero-order chi connectivity index (χ0) is 10.0. The summed E-state index contributed by atoms with van der Waals surface area (Å²) in [6, 6.07) is 3.03. The molecule has 0 aliphatic rings. The Morgan fingerprint density at radius 3 is 2.62 bits per heavy atom. The van der Waals surface area contributed by atoms with E-state index in [1.165, 1.54) is 19.2 Å². The van der Waals surface area contributed by atoms with E-state index in [9.17, 15) is 9.18 Å². The number of hydrogen-bond acceptors (Lipinski definition) is 2. The Labute approximate surface area is 80.3 Å². The second kappa shape index (κ2) is 3.75. The lowest BCUT2D eigenvalue weighted by Gasteiger charge is -2.06. The van der Waals surface area contributed by atoms with Crippen LogP contribution in [0.2, 0.25) is 0 Å². The van der Waals surface area contributed by atoms with E-state index in [-0.39, 0.29) is 11.3 Å². The second-order valence-electron chi connectivity index (χ2n) is 2.55. The highest BCUT2D eigenvalue weighted by Crippen LogP contribution is 2.25. The number of carbonyl (C=O) groups is 1. The summed E-state index contributed by atoms with van der Waals surface area (Å²) < 4.78 is 18.1. The molecular weight excluding hydrogens is 195 g/mol. The maximum Gasteiger partial charge on any atom is 0.259 e. The normalized spacial score (nSPS) is 9.85. The summed E-state index contributed by atoms with van der Waals surface area (Å²) in [4.78, 5) is 10.8. The highest BCUT2D eigenvalue weighted by atomic mass is 35.5. The predicted molar refractivity (Wildman–Crippen MR) is 47.9 cm³/mol. The number of hydrogen-bond donors (Lipinski definition) is 0. The molecule has 0 aromatic heterocycles. The molecule has 0 amide bonds. The molecule has 0 unspecified atom stereocenters. The summed E-state index contributed by atoms with van der Waals surface area (Å²) in [5.41, 5.74) is 0.161. The van der Waals surface area contributed by atoms with Crippen LogP contribution in [-0.2, 0) is 0 Å². The molecule has 0 heterocycles. The fourth-order valence-corrected chi connectivity index (χ4v) is 1.19. The number of benzene rings is 1. The zero-order valence-corrected chi connectivity index (χ0v) is 7.98. The Bertz CT molecular complexity index is 350. The lowest BCUT2D eigenvalue weighted by atomic mass is 10.1. The lowest BCUT2D eigenvalue weighted by Crippen LogP contribution is -2.01. The van der Waals surface area contributed by atoms with Crippen LogP contribution in [0.4, 0.5) is 4.39 Å². The van der Waals surface area contributed by atoms with Crippen molar-refractivity contribution in [2.24, 2.45) is 0 Å². The number of carbonyl (C=O) groups excluding carboxylic acids is 1. The molecule has 0 aliphatic carbocycles. The van der Waals surface area contributed by atoms with Crippen molar-refractivity contribution in [3.8, 4) is 5.75 Å². The molecule has 1 aromatic carbocycles. The fraction of sp³-hybridized carbons (Fsp3) is 0.222. The van der Waals surface area contributed by atoms with Gasteiger partial charge in [-0.15, -0.1) is 0 Å². The summed E-state index contributed by atoms with van der Waals surface area (Å²) >= 11 is 5.21. The molecule has 0 N–H and O–H groups in total. The van der Waals surface area contributed by atoms with E-state index in [4.69, 9.17) is 16.3 Å². The third-order valence-electron chi connectivity index (χ3n) is 1.71. The molecule has 70 valence electrons. The van der Waals surface area contributed by atoms with Crippen molar-refractivity contribution in [3.63, 3.8) is 0 Å². The SMILES string of the molecule is COc1ccc(C)c(F)c1C(=O)Cl. The molecule has 0 radical (unpaired) electrons. The van der Waals surface area contributed by atoms with Crippen LogP contribution in [0.25, 0.3) is 0 Å². The monoisotopic (exact) mass is 202 g/mol. The van der Waals surface area contributed by atoms with Crippen molar-refractivity contribution in [1.82, 2.24) is 0 Å². The first-order chi connectivity index (χ1) is 6.07. The molecule has 0 spiro atoms. The lowest BCUT2D eigenvalue weighted by molar-refractivity contribution is 0.107. The topological polar surface area (TPSA) is 26.3 Å². The van der Waals surface area contributed by atoms with Crippen LogP contribution < -0.4 is 4.74 Å². The molecule has 2 nitrogen and oxygen atoms in total. The molecule has 0 saturated heterocycles. The fourth-order valence-electron chi connectivity index (χ4n) is 1.02.